The number of halogens is 1. The van der Waals surface area contributed by atoms with Crippen molar-refractivity contribution in [2.24, 2.45) is 0 Å². The van der Waals surface area contributed by atoms with Crippen LogP contribution >= 0.6 is 15.9 Å². The lowest BCUT2D eigenvalue weighted by Gasteiger charge is -2.10. The lowest BCUT2D eigenvalue weighted by Crippen LogP contribution is -2.02. The Kier molecular flexibility index (Phi) is 4.94. The minimum Gasteiger partial charge on any atom is -0.497 e. The van der Waals surface area contributed by atoms with E-state index in [0.717, 1.165) is 38.7 Å². The average Bonchev–Trinajstić information content (AvgIpc) is 3.14. The van der Waals surface area contributed by atoms with Crippen molar-refractivity contribution in [2.75, 3.05) is 12.4 Å². The maximum Gasteiger partial charge on any atom is 0.134 e. The van der Waals surface area contributed by atoms with Crippen LogP contribution < -0.4 is 10.1 Å². The monoisotopic (exact) mass is 419 g/mol. The summed E-state index contributed by atoms with van der Waals surface area (Å²) in [6, 6.07) is 28.1. The molecule has 4 rings (SSSR count). The van der Waals surface area contributed by atoms with Gasteiger partial charge in [0.2, 0.25) is 0 Å². The van der Waals surface area contributed by atoms with Crippen LogP contribution in [0, 0.1) is 0 Å². The fourth-order valence-corrected chi connectivity index (χ4v) is 3.22. The van der Waals surface area contributed by atoms with Crippen LogP contribution in [-0.2, 0) is 0 Å². The molecular weight excluding hydrogens is 402 g/mol. The molecule has 0 aliphatic heterocycles. The summed E-state index contributed by atoms with van der Waals surface area (Å²) in [7, 11) is 1.67. The Balaban J connectivity index is 1.78. The second-order valence-corrected chi connectivity index (χ2v) is 6.85. The topological polar surface area (TPSA) is 39.1 Å². The normalized spacial score (nSPS) is 10.6. The quantitative estimate of drug-likeness (QED) is 0.427. The van der Waals surface area contributed by atoms with E-state index in [2.05, 4.69) is 21.2 Å². The van der Waals surface area contributed by atoms with Crippen molar-refractivity contribution in [3.63, 3.8) is 0 Å². The first-order chi connectivity index (χ1) is 13.2. The van der Waals surface area contributed by atoms with Crippen LogP contribution in [0.2, 0.25) is 0 Å². The van der Waals surface area contributed by atoms with E-state index in [1.54, 1.807) is 7.11 Å². The Morgan fingerprint density at radius 2 is 1.59 bits per heavy atom. The molecule has 0 amide bonds. The molecule has 0 aliphatic carbocycles. The Morgan fingerprint density at radius 1 is 0.889 bits per heavy atom. The largest absolute Gasteiger partial charge is 0.497 e. The molecule has 1 heterocycles. The van der Waals surface area contributed by atoms with Gasteiger partial charge in [-0.25, -0.2) is 4.68 Å². The summed E-state index contributed by atoms with van der Waals surface area (Å²) in [5, 5.41) is 8.31. The molecule has 0 bridgehead atoms. The van der Waals surface area contributed by atoms with Crippen LogP contribution in [0.4, 0.5) is 11.5 Å². The van der Waals surface area contributed by atoms with Crippen molar-refractivity contribution < 1.29 is 4.74 Å². The summed E-state index contributed by atoms with van der Waals surface area (Å²) in [6.07, 6.45) is 0. The van der Waals surface area contributed by atoms with Crippen LogP contribution in [-0.4, -0.2) is 16.9 Å². The van der Waals surface area contributed by atoms with E-state index >= 15 is 0 Å². The van der Waals surface area contributed by atoms with Crippen molar-refractivity contribution in [3.05, 3.63) is 89.4 Å². The number of methoxy groups -OCH3 is 1. The van der Waals surface area contributed by atoms with E-state index in [-0.39, 0.29) is 0 Å². The first-order valence-corrected chi connectivity index (χ1v) is 9.35. The van der Waals surface area contributed by atoms with Gasteiger partial charge in [0.05, 0.1) is 24.2 Å². The lowest BCUT2D eigenvalue weighted by atomic mass is 10.1. The van der Waals surface area contributed by atoms with Gasteiger partial charge in [0.25, 0.3) is 0 Å². The molecule has 0 atom stereocenters. The van der Waals surface area contributed by atoms with Gasteiger partial charge in [-0.15, -0.1) is 0 Å². The molecule has 0 saturated heterocycles. The fourth-order valence-electron chi connectivity index (χ4n) is 2.84. The molecule has 134 valence electrons. The van der Waals surface area contributed by atoms with Crippen molar-refractivity contribution in [2.45, 2.75) is 0 Å². The highest BCUT2D eigenvalue weighted by atomic mass is 79.9. The third kappa shape index (κ3) is 3.73. The van der Waals surface area contributed by atoms with Gasteiger partial charge in [-0.05, 0) is 64.5 Å². The van der Waals surface area contributed by atoms with Crippen molar-refractivity contribution in [3.8, 4) is 22.7 Å². The Hall–Kier alpha value is -3.05. The molecule has 1 N–H and O–H groups in total. The molecule has 0 radical (unpaired) electrons. The average molecular weight is 420 g/mol. The summed E-state index contributed by atoms with van der Waals surface area (Å²) in [6.45, 7) is 0. The number of rotatable bonds is 5. The summed E-state index contributed by atoms with van der Waals surface area (Å²) in [5.41, 5.74) is 3.89. The number of aromatic nitrogens is 2. The van der Waals surface area contributed by atoms with E-state index < -0.39 is 0 Å². The summed E-state index contributed by atoms with van der Waals surface area (Å²) in [5.74, 6) is 1.71. The molecule has 0 fully saturated rings. The first kappa shape index (κ1) is 17.4. The zero-order valence-corrected chi connectivity index (χ0v) is 16.3. The van der Waals surface area contributed by atoms with Gasteiger partial charge in [-0.2, -0.15) is 5.10 Å². The SMILES string of the molecule is COc1ccc(-c2cc(Nc3ccccc3Br)n(-c3ccccc3)n2)cc1. The smallest absolute Gasteiger partial charge is 0.134 e. The molecular formula is C22H18BrN3O. The maximum absolute atomic E-state index is 5.25. The molecule has 27 heavy (non-hydrogen) atoms. The van der Waals surface area contributed by atoms with Gasteiger partial charge < -0.3 is 10.1 Å². The van der Waals surface area contributed by atoms with Gasteiger partial charge in [0.15, 0.2) is 0 Å². The van der Waals surface area contributed by atoms with Crippen LogP contribution in [0.3, 0.4) is 0 Å². The number of benzene rings is 3. The van der Waals surface area contributed by atoms with Crippen LogP contribution in [0.5, 0.6) is 5.75 Å². The fraction of sp³-hybridized carbons (Fsp3) is 0.0455. The molecule has 4 nitrogen and oxygen atoms in total. The molecule has 0 aliphatic rings. The molecule has 0 spiro atoms. The standard InChI is InChI=1S/C22H18BrN3O/c1-27-18-13-11-16(12-14-18)21-15-22(24-20-10-6-5-9-19(20)23)26(25-21)17-7-3-2-4-8-17/h2-15,24H,1H3. The number of ether oxygens (including phenoxy) is 1. The van der Waals surface area contributed by atoms with E-state index in [1.165, 1.54) is 0 Å². The minimum atomic E-state index is 0.827. The summed E-state index contributed by atoms with van der Waals surface area (Å²) in [4.78, 5) is 0. The van der Waals surface area contributed by atoms with Crippen LogP contribution in [0.15, 0.2) is 89.4 Å². The van der Waals surface area contributed by atoms with Gasteiger partial charge >= 0.3 is 0 Å². The van der Waals surface area contributed by atoms with Gasteiger partial charge in [-0.1, -0.05) is 30.3 Å². The Morgan fingerprint density at radius 3 is 2.30 bits per heavy atom. The zero-order valence-electron chi connectivity index (χ0n) is 14.8. The second kappa shape index (κ2) is 7.68. The molecule has 0 unspecified atom stereocenters. The van der Waals surface area contributed by atoms with Crippen molar-refractivity contribution in [1.29, 1.82) is 0 Å². The predicted octanol–water partition coefficient (Wildman–Crippen LogP) is 6.05. The van der Waals surface area contributed by atoms with E-state index in [0.29, 0.717) is 0 Å². The molecule has 5 heteroatoms. The highest BCUT2D eigenvalue weighted by Crippen LogP contribution is 2.30. The lowest BCUT2D eigenvalue weighted by molar-refractivity contribution is 0.415. The summed E-state index contributed by atoms with van der Waals surface area (Å²) < 4.78 is 8.17. The number of para-hydroxylation sites is 2. The molecule has 3 aromatic carbocycles. The molecule has 4 aromatic rings. The maximum atomic E-state index is 5.25. The van der Waals surface area contributed by atoms with Gasteiger partial charge in [0, 0.05) is 16.1 Å². The van der Waals surface area contributed by atoms with Gasteiger partial charge in [0.1, 0.15) is 11.6 Å². The first-order valence-electron chi connectivity index (χ1n) is 8.56. The highest BCUT2D eigenvalue weighted by molar-refractivity contribution is 9.10. The highest BCUT2D eigenvalue weighted by Gasteiger charge is 2.12. The number of nitrogens with one attached hydrogen (secondary N) is 1. The number of anilines is 2. The molecule has 1 aromatic heterocycles. The van der Waals surface area contributed by atoms with E-state index in [4.69, 9.17) is 9.84 Å². The summed E-state index contributed by atoms with van der Waals surface area (Å²) >= 11 is 3.60. The predicted molar refractivity (Wildman–Crippen MR) is 113 cm³/mol. The van der Waals surface area contributed by atoms with E-state index in [9.17, 15) is 0 Å². The van der Waals surface area contributed by atoms with E-state index in [1.807, 2.05) is 89.6 Å². The van der Waals surface area contributed by atoms with Crippen LogP contribution in [0.1, 0.15) is 0 Å². The third-order valence-corrected chi connectivity index (χ3v) is 4.92. The Bertz CT molecular complexity index is 1040. The number of nitrogens with zero attached hydrogens (tertiary/aromatic N) is 2. The number of hydrogen-bond donors (Lipinski definition) is 1. The van der Waals surface area contributed by atoms with Crippen molar-refractivity contribution >= 4 is 27.4 Å². The second-order valence-electron chi connectivity index (χ2n) is 6.00. The van der Waals surface area contributed by atoms with Crippen LogP contribution in [0.25, 0.3) is 16.9 Å². The minimum absolute atomic E-state index is 0.827. The number of hydrogen-bond acceptors (Lipinski definition) is 3. The third-order valence-electron chi connectivity index (χ3n) is 4.23. The van der Waals surface area contributed by atoms with Gasteiger partial charge in [-0.3, -0.25) is 0 Å². The van der Waals surface area contributed by atoms with Crippen molar-refractivity contribution in [1.82, 2.24) is 9.78 Å². The zero-order chi connectivity index (χ0) is 18.6. The molecule has 0 saturated carbocycles. The Labute approximate surface area is 166 Å².